The molecule has 3 N–H and O–H groups in total. The quantitative estimate of drug-likeness (QED) is 0.849. The van der Waals surface area contributed by atoms with Crippen LogP contribution in [0.3, 0.4) is 0 Å². The first-order valence-electron chi connectivity index (χ1n) is 7.12. The summed E-state index contributed by atoms with van der Waals surface area (Å²) in [5.41, 5.74) is 6.05. The number of carbonyl (C=O) groups excluding carboxylic acids is 1. The zero-order valence-corrected chi connectivity index (χ0v) is 12.8. The number of nitrogens with zero attached hydrogens (tertiary/aromatic N) is 1. The average Bonchev–Trinajstić information content (AvgIpc) is 2.42. The van der Waals surface area contributed by atoms with Gasteiger partial charge in [0.05, 0.1) is 11.2 Å². The second kappa shape index (κ2) is 5.74. The molecule has 2 rings (SSSR count). The number of hydrogen-bond donors (Lipinski definition) is 2. The summed E-state index contributed by atoms with van der Waals surface area (Å²) in [6.07, 6.45) is 0. The van der Waals surface area contributed by atoms with E-state index in [0.29, 0.717) is 17.8 Å². The third kappa shape index (κ3) is 3.52. The molecule has 0 heterocycles. The van der Waals surface area contributed by atoms with Gasteiger partial charge in [-0.25, -0.2) is 0 Å². The molecular formula is C17H22N2O2. The van der Waals surface area contributed by atoms with Crippen LogP contribution in [0.5, 0.6) is 0 Å². The summed E-state index contributed by atoms with van der Waals surface area (Å²) >= 11 is 0. The zero-order chi connectivity index (χ0) is 15.6. The minimum atomic E-state index is -0.933. The fraction of sp³-hybridized carbons (Fsp3) is 0.353. The summed E-state index contributed by atoms with van der Waals surface area (Å²) in [6.45, 7) is 6.06. The van der Waals surface area contributed by atoms with Gasteiger partial charge in [0.1, 0.15) is 0 Å². The maximum atomic E-state index is 12.7. The number of nitrogens with two attached hydrogens (primary N) is 1. The number of fused-ring (bicyclic) bond motifs is 1. The highest BCUT2D eigenvalue weighted by atomic mass is 16.3. The molecule has 0 saturated carbocycles. The third-order valence-electron chi connectivity index (χ3n) is 3.40. The number of benzene rings is 2. The van der Waals surface area contributed by atoms with Gasteiger partial charge in [-0.3, -0.25) is 4.79 Å². The van der Waals surface area contributed by atoms with Crippen LogP contribution in [0, 0.1) is 0 Å². The van der Waals surface area contributed by atoms with Crippen LogP contribution in [0.4, 0.5) is 5.69 Å². The Morgan fingerprint density at radius 1 is 1.24 bits per heavy atom. The second-order valence-corrected chi connectivity index (χ2v) is 5.92. The lowest BCUT2D eigenvalue weighted by molar-refractivity contribution is 0.0315. The molecule has 0 aliphatic carbocycles. The fourth-order valence-corrected chi connectivity index (χ4v) is 2.41. The number of hydrogen-bond acceptors (Lipinski definition) is 3. The van der Waals surface area contributed by atoms with Crippen molar-refractivity contribution in [2.75, 3.05) is 18.8 Å². The third-order valence-corrected chi connectivity index (χ3v) is 3.40. The number of likely N-dealkylation sites (N-methyl/N-ethyl adjacent to an activating group) is 1. The summed E-state index contributed by atoms with van der Waals surface area (Å²) < 4.78 is 0. The van der Waals surface area contributed by atoms with Crippen LogP contribution in [0.2, 0.25) is 0 Å². The molecule has 0 atom stereocenters. The molecule has 1 amide bonds. The van der Waals surface area contributed by atoms with Crippen LogP contribution in [0.15, 0.2) is 36.4 Å². The van der Waals surface area contributed by atoms with E-state index in [1.54, 1.807) is 18.7 Å². The fourth-order valence-electron chi connectivity index (χ4n) is 2.41. The lowest BCUT2D eigenvalue weighted by Gasteiger charge is -2.28. The molecule has 112 valence electrons. The van der Waals surface area contributed by atoms with Gasteiger partial charge >= 0.3 is 0 Å². The van der Waals surface area contributed by atoms with Crippen LogP contribution in [-0.4, -0.2) is 34.6 Å². The maximum absolute atomic E-state index is 12.7. The highest BCUT2D eigenvalue weighted by Crippen LogP contribution is 2.23. The highest BCUT2D eigenvalue weighted by molar-refractivity contribution is 6.03. The number of carbonyl (C=O) groups is 1. The van der Waals surface area contributed by atoms with Crippen molar-refractivity contribution in [2.24, 2.45) is 0 Å². The summed E-state index contributed by atoms with van der Waals surface area (Å²) in [4.78, 5) is 14.3. The second-order valence-electron chi connectivity index (χ2n) is 5.92. The minimum absolute atomic E-state index is 0.150. The Kier molecular flexibility index (Phi) is 4.19. The highest BCUT2D eigenvalue weighted by Gasteiger charge is 2.23. The van der Waals surface area contributed by atoms with Crippen molar-refractivity contribution in [3.05, 3.63) is 42.0 Å². The van der Waals surface area contributed by atoms with Gasteiger partial charge in [0.15, 0.2) is 0 Å². The lowest BCUT2D eigenvalue weighted by atomic mass is 10.0. The van der Waals surface area contributed by atoms with Crippen molar-refractivity contribution in [3.8, 4) is 0 Å². The van der Waals surface area contributed by atoms with E-state index >= 15 is 0 Å². The molecule has 0 unspecified atom stereocenters. The van der Waals surface area contributed by atoms with Gasteiger partial charge in [0.2, 0.25) is 0 Å². The molecule has 0 aliphatic heterocycles. The Morgan fingerprint density at radius 2 is 1.81 bits per heavy atom. The molecule has 0 aromatic heterocycles. The molecule has 2 aromatic rings. The van der Waals surface area contributed by atoms with Gasteiger partial charge in [-0.15, -0.1) is 0 Å². The molecule has 4 nitrogen and oxygen atoms in total. The van der Waals surface area contributed by atoms with Gasteiger partial charge < -0.3 is 15.7 Å². The van der Waals surface area contributed by atoms with Crippen molar-refractivity contribution in [1.82, 2.24) is 4.90 Å². The Balaban J connectivity index is 2.40. The largest absolute Gasteiger partial charge is 0.398 e. The van der Waals surface area contributed by atoms with Gasteiger partial charge in [0, 0.05) is 18.8 Å². The average molecular weight is 286 g/mol. The zero-order valence-electron chi connectivity index (χ0n) is 12.8. The summed E-state index contributed by atoms with van der Waals surface area (Å²) in [6, 6.07) is 11.4. The van der Waals surface area contributed by atoms with Crippen LogP contribution < -0.4 is 5.73 Å². The summed E-state index contributed by atoms with van der Waals surface area (Å²) in [5.74, 6) is -0.150. The Bertz CT molecular complexity index is 659. The molecule has 0 bridgehead atoms. The predicted octanol–water partition coefficient (Wildman–Crippen LogP) is 2.66. The molecule has 0 saturated heterocycles. The van der Waals surface area contributed by atoms with Gasteiger partial charge in [-0.1, -0.05) is 24.3 Å². The Labute approximate surface area is 125 Å². The van der Waals surface area contributed by atoms with Crippen molar-refractivity contribution in [1.29, 1.82) is 0 Å². The van der Waals surface area contributed by atoms with E-state index in [9.17, 15) is 9.90 Å². The molecule has 4 heteroatoms. The normalized spacial score (nSPS) is 11.6. The summed E-state index contributed by atoms with van der Waals surface area (Å²) in [5, 5.41) is 11.9. The van der Waals surface area contributed by atoms with Crippen molar-refractivity contribution < 1.29 is 9.90 Å². The SMILES string of the molecule is CCN(CC(C)(C)O)C(=O)c1cc2ccccc2cc1N. The summed E-state index contributed by atoms with van der Waals surface area (Å²) in [7, 11) is 0. The first-order chi connectivity index (χ1) is 9.81. The smallest absolute Gasteiger partial charge is 0.256 e. The van der Waals surface area contributed by atoms with Crippen LogP contribution in [-0.2, 0) is 0 Å². The van der Waals surface area contributed by atoms with Gasteiger partial charge in [-0.05, 0) is 43.7 Å². The van der Waals surface area contributed by atoms with E-state index in [4.69, 9.17) is 5.73 Å². The molecule has 0 radical (unpaired) electrons. The number of aliphatic hydroxyl groups is 1. The lowest BCUT2D eigenvalue weighted by Crippen LogP contribution is -2.42. The van der Waals surface area contributed by atoms with Gasteiger partial charge in [-0.2, -0.15) is 0 Å². The number of anilines is 1. The van der Waals surface area contributed by atoms with E-state index in [0.717, 1.165) is 10.8 Å². The number of amides is 1. The van der Waals surface area contributed by atoms with Crippen molar-refractivity contribution in [3.63, 3.8) is 0 Å². The molecule has 0 fully saturated rings. The Hall–Kier alpha value is -2.07. The Morgan fingerprint density at radius 3 is 2.33 bits per heavy atom. The van der Waals surface area contributed by atoms with Crippen LogP contribution in [0.25, 0.3) is 10.8 Å². The molecule has 2 aromatic carbocycles. The predicted molar refractivity (Wildman–Crippen MR) is 86.2 cm³/mol. The molecule has 21 heavy (non-hydrogen) atoms. The topological polar surface area (TPSA) is 66.6 Å². The monoisotopic (exact) mass is 286 g/mol. The standard InChI is InChI=1S/C17H22N2O2/c1-4-19(11-17(2,3)21)16(20)14-9-12-7-5-6-8-13(12)10-15(14)18/h5-10,21H,4,11,18H2,1-3H3. The molecule has 0 spiro atoms. The number of nitrogen functional groups attached to an aromatic ring is 1. The van der Waals surface area contributed by atoms with E-state index in [1.807, 2.05) is 43.3 Å². The van der Waals surface area contributed by atoms with E-state index in [2.05, 4.69) is 0 Å². The van der Waals surface area contributed by atoms with Crippen molar-refractivity contribution >= 4 is 22.4 Å². The van der Waals surface area contributed by atoms with Crippen LogP contribution >= 0.6 is 0 Å². The van der Waals surface area contributed by atoms with E-state index < -0.39 is 5.60 Å². The van der Waals surface area contributed by atoms with E-state index in [-0.39, 0.29) is 12.5 Å². The number of rotatable bonds is 4. The minimum Gasteiger partial charge on any atom is -0.398 e. The maximum Gasteiger partial charge on any atom is 0.256 e. The van der Waals surface area contributed by atoms with Crippen molar-refractivity contribution in [2.45, 2.75) is 26.4 Å². The first-order valence-corrected chi connectivity index (χ1v) is 7.12. The first kappa shape index (κ1) is 15.3. The molecular weight excluding hydrogens is 264 g/mol. The van der Waals surface area contributed by atoms with E-state index in [1.165, 1.54) is 0 Å². The van der Waals surface area contributed by atoms with Crippen LogP contribution in [0.1, 0.15) is 31.1 Å². The molecule has 0 aliphatic rings. The van der Waals surface area contributed by atoms with Gasteiger partial charge in [0.25, 0.3) is 5.91 Å².